The first-order chi connectivity index (χ1) is 24.9. The van der Waals surface area contributed by atoms with Crippen LogP contribution >= 0.6 is 0 Å². The van der Waals surface area contributed by atoms with Crippen molar-refractivity contribution in [2.24, 2.45) is 0 Å². The number of carboxylic acids is 2. The highest BCUT2D eigenvalue weighted by Crippen LogP contribution is 2.39. The molecule has 268 valence electrons. The molecular formula is C40H42O11. The van der Waals surface area contributed by atoms with E-state index in [-0.39, 0.29) is 24.3 Å². The van der Waals surface area contributed by atoms with E-state index in [9.17, 15) is 19.8 Å². The largest absolute Gasteiger partial charge is 0.496 e. The number of benzene rings is 4. The van der Waals surface area contributed by atoms with E-state index in [2.05, 4.69) is 0 Å². The molecule has 11 nitrogen and oxygen atoms in total. The van der Waals surface area contributed by atoms with E-state index in [1.54, 1.807) is 38.5 Å². The Hall–Kier alpha value is -5.10. The van der Waals surface area contributed by atoms with Crippen LogP contribution in [0.15, 0.2) is 60.7 Å². The molecule has 0 fully saturated rings. The molecule has 1 heterocycles. The van der Waals surface area contributed by atoms with Gasteiger partial charge in [-0.3, -0.25) is 0 Å². The maximum absolute atomic E-state index is 12.5. The molecule has 4 aromatic carbocycles. The van der Waals surface area contributed by atoms with Gasteiger partial charge in [0.15, 0.2) is 0 Å². The topological polar surface area (TPSA) is 139 Å². The number of hydrogen-bond acceptors (Lipinski definition) is 9. The zero-order chi connectivity index (χ0) is 35.7. The van der Waals surface area contributed by atoms with Gasteiger partial charge in [0.05, 0.1) is 65.0 Å². The number of aromatic carboxylic acids is 2. The first-order valence-electron chi connectivity index (χ1n) is 16.9. The molecule has 2 N–H and O–H groups in total. The maximum atomic E-state index is 12.5. The highest BCUT2D eigenvalue weighted by atomic mass is 16.6. The lowest BCUT2D eigenvalue weighted by Gasteiger charge is -2.23. The minimum atomic E-state index is -1.05. The van der Waals surface area contributed by atoms with Crippen LogP contribution in [0.3, 0.4) is 0 Å². The van der Waals surface area contributed by atoms with Crippen LogP contribution in [-0.4, -0.2) is 89.2 Å². The first kappa shape index (κ1) is 35.7. The molecule has 2 aliphatic rings. The number of fused-ring (bicyclic) bond motifs is 2. The van der Waals surface area contributed by atoms with Crippen molar-refractivity contribution < 1.29 is 53.0 Å². The van der Waals surface area contributed by atoms with Gasteiger partial charge < -0.3 is 43.4 Å². The molecule has 0 aromatic heterocycles. The number of ether oxygens (including phenoxy) is 7. The molecule has 11 heteroatoms. The molecule has 0 spiro atoms. The Morgan fingerprint density at radius 2 is 0.784 bits per heavy atom. The second-order valence-electron chi connectivity index (χ2n) is 12.3. The van der Waals surface area contributed by atoms with Crippen LogP contribution in [0, 0.1) is 0 Å². The fourth-order valence-corrected chi connectivity index (χ4v) is 6.78. The van der Waals surface area contributed by atoms with Crippen LogP contribution in [0.5, 0.6) is 23.0 Å². The molecule has 1 aliphatic heterocycles. The molecule has 0 radical (unpaired) electrons. The number of methoxy groups -OCH3 is 2. The highest BCUT2D eigenvalue weighted by Gasteiger charge is 2.24. The van der Waals surface area contributed by atoms with Crippen molar-refractivity contribution in [2.75, 3.05) is 67.1 Å². The van der Waals surface area contributed by atoms with Gasteiger partial charge in [-0.2, -0.15) is 0 Å². The smallest absolute Gasteiger partial charge is 0.335 e. The van der Waals surface area contributed by atoms with Crippen molar-refractivity contribution in [3.63, 3.8) is 0 Å². The van der Waals surface area contributed by atoms with Gasteiger partial charge in [0.2, 0.25) is 0 Å². The predicted octanol–water partition coefficient (Wildman–Crippen LogP) is 5.60. The monoisotopic (exact) mass is 698 g/mol. The lowest BCUT2D eigenvalue weighted by molar-refractivity contribution is 0.00484. The molecule has 0 saturated heterocycles. The molecule has 10 bridgehead atoms. The van der Waals surface area contributed by atoms with Crippen LogP contribution in [-0.2, 0) is 39.9 Å². The highest BCUT2D eigenvalue weighted by molar-refractivity contribution is 5.89. The normalized spacial score (nSPS) is 15.5. The van der Waals surface area contributed by atoms with Gasteiger partial charge in [0.25, 0.3) is 0 Å². The van der Waals surface area contributed by atoms with Crippen molar-refractivity contribution in [3.8, 4) is 23.0 Å². The van der Waals surface area contributed by atoms with Crippen LogP contribution in [0.4, 0.5) is 0 Å². The Balaban J connectivity index is 1.61. The number of para-hydroxylation sites is 2. The third kappa shape index (κ3) is 8.45. The molecule has 0 amide bonds. The predicted molar refractivity (Wildman–Crippen MR) is 187 cm³/mol. The van der Waals surface area contributed by atoms with E-state index in [4.69, 9.17) is 33.2 Å². The molecular weight excluding hydrogens is 656 g/mol. The summed E-state index contributed by atoms with van der Waals surface area (Å²) in [7, 11) is 3.18. The Kier molecular flexibility index (Phi) is 11.7. The summed E-state index contributed by atoms with van der Waals surface area (Å²) in [4.78, 5) is 25.0. The van der Waals surface area contributed by atoms with Crippen molar-refractivity contribution in [3.05, 3.63) is 116 Å². The molecule has 0 atom stereocenters. The first-order valence-corrected chi connectivity index (χ1v) is 16.9. The van der Waals surface area contributed by atoms with E-state index < -0.39 is 11.9 Å². The van der Waals surface area contributed by atoms with Gasteiger partial charge in [0.1, 0.15) is 36.2 Å². The number of hydrogen-bond donors (Lipinski definition) is 2. The summed E-state index contributed by atoms with van der Waals surface area (Å²) in [5.74, 6) is 0.235. The van der Waals surface area contributed by atoms with E-state index in [1.807, 2.05) is 36.4 Å². The van der Waals surface area contributed by atoms with Crippen LogP contribution in [0.25, 0.3) is 0 Å². The Labute approximate surface area is 296 Å². The summed E-state index contributed by atoms with van der Waals surface area (Å²) >= 11 is 0. The van der Waals surface area contributed by atoms with E-state index in [0.29, 0.717) is 111 Å². The minimum absolute atomic E-state index is 0.135. The van der Waals surface area contributed by atoms with Gasteiger partial charge in [0, 0.05) is 25.7 Å². The fraction of sp³-hybridized carbons (Fsp3) is 0.350. The minimum Gasteiger partial charge on any atom is -0.496 e. The summed E-state index contributed by atoms with van der Waals surface area (Å²) < 4.78 is 42.2. The van der Waals surface area contributed by atoms with Gasteiger partial charge in [-0.05, 0) is 68.8 Å². The number of carbonyl (C=O) groups is 2. The van der Waals surface area contributed by atoms with Gasteiger partial charge in [-0.25, -0.2) is 9.59 Å². The molecule has 51 heavy (non-hydrogen) atoms. The summed E-state index contributed by atoms with van der Waals surface area (Å²) in [6, 6.07) is 18.2. The summed E-state index contributed by atoms with van der Waals surface area (Å²) in [6.07, 6.45) is 1.20. The zero-order valence-corrected chi connectivity index (χ0v) is 28.8. The average molecular weight is 699 g/mol. The molecule has 1 aliphatic carbocycles. The SMILES string of the molecule is COc1c2cccc1Cc1cc(C(=O)O)cc3c1OCCOCCOCCOCCOc1c(cc(C(=O)O)cc1Cc1cccc(c1OC)C3)C2. The van der Waals surface area contributed by atoms with Crippen molar-refractivity contribution in [1.82, 2.24) is 0 Å². The van der Waals surface area contributed by atoms with Crippen LogP contribution < -0.4 is 18.9 Å². The number of rotatable bonds is 4. The molecule has 4 aromatic rings. The second-order valence-corrected chi connectivity index (χ2v) is 12.3. The summed E-state index contributed by atoms with van der Waals surface area (Å²) in [5.41, 5.74) is 6.19. The van der Waals surface area contributed by atoms with Crippen molar-refractivity contribution >= 4 is 11.9 Å². The maximum Gasteiger partial charge on any atom is 0.335 e. The van der Waals surface area contributed by atoms with Crippen LogP contribution in [0.2, 0.25) is 0 Å². The van der Waals surface area contributed by atoms with Crippen molar-refractivity contribution in [2.45, 2.75) is 25.7 Å². The fourth-order valence-electron chi connectivity index (χ4n) is 6.78. The lowest BCUT2D eigenvalue weighted by Crippen LogP contribution is -2.16. The van der Waals surface area contributed by atoms with E-state index in [1.165, 1.54) is 0 Å². The lowest BCUT2D eigenvalue weighted by atomic mass is 9.89. The third-order valence-corrected chi connectivity index (χ3v) is 8.96. The Morgan fingerprint density at radius 3 is 1.06 bits per heavy atom. The Bertz CT molecular complexity index is 1660. The Morgan fingerprint density at radius 1 is 0.490 bits per heavy atom. The number of carboxylic acid groups (broad SMARTS) is 2. The van der Waals surface area contributed by atoms with E-state index in [0.717, 1.165) is 22.3 Å². The summed E-state index contributed by atoms with van der Waals surface area (Å²) in [5, 5.41) is 20.4. The molecule has 0 saturated carbocycles. The van der Waals surface area contributed by atoms with Gasteiger partial charge in [-0.15, -0.1) is 0 Å². The van der Waals surface area contributed by atoms with Crippen molar-refractivity contribution in [1.29, 1.82) is 0 Å². The van der Waals surface area contributed by atoms with Gasteiger partial charge >= 0.3 is 11.9 Å². The molecule has 0 unspecified atom stereocenters. The second kappa shape index (κ2) is 16.7. The zero-order valence-electron chi connectivity index (χ0n) is 28.8. The van der Waals surface area contributed by atoms with Gasteiger partial charge in [-0.1, -0.05) is 36.4 Å². The van der Waals surface area contributed by atoms with E-state index >= 15 is 0 Å². The average Bonchev–Trinajstić information content (AvgIpc) is 3.11. The third-order valence-electron chi connectivity index (χ3n) is 8.96. The standard InChI is InChI=1S/C40H42O11/c1-45-35-25-5-3-6-26(35)18-30-22-34(40(43)44)24-32-20-28-8-4-7-27(36(28)46-2)19-31-23-33(39(41)42)21-29(17-25)37(31)50-15-13-48-11-9-47-10-12-49-14-16-51-38(30)32/h3-8,21-24H,9-20H2,1-2H3,(H,41,42)(H,43,44). The molecule has 6 rings (SSSR count). The quantitative estimate of drug-likeness (QED) is 0.243. The summed E-state index contributed by atoms with van der Waals surface area (Å²) in [6.45, 7) is 2.57. The van der Waals surface area contributed by atoms with Crippen LogP contribution in [0.1, 0.15) is 65.2 Å².